The van der Waals surface area contributed by atoms with Gasteiger partial charge in [0.25, 0.3) is 11.8 Å². The van der Waals surface area contributed by atoms with Gasteiger partial charge in [-0.05, 0) is 56.0 Å². The zero-order valence-corrected chi connectivity index (χ0v) is 15.9. The van der Waals surface area contributed by atoms with E-state index in [0.717, 1.165) is 37.1 Å². The first-order chi connectivity index (χ1) is 12.0. The van der Waals surface area contributed by atoms with Crippen LogP contribution in [0.2, 0.25) is 0 Å². The van der Waals surface area contributed by atoms with Crippen LogP contribution in [0.1, 0.15) is 44.7 Å². The largest absolute Gasteiger partial charge is 0.399 e. The maximum atomic E-state index is 12.9. The summed E-state index contributed by atoms with van der Waals surface area (Å²) in [5, 5.41) is 2.90. The third-order valence-corrected chi connectivity index (χ3v) is 4.63. The highest BCUT2D eigenvalue weighted by atomic mass is 35.5. The summed E-state index contributed by atoms with van der Waals surface area (Å²) >= 11 is 0. The van der Waals surface area contributed by atoms with Gasteiger partial charge in [0.05, 0.1) is 11.3 Å². The van der Waals surface area contributed by atoms with E-state index in [2.05, 4.69) is 5.32 Å². The van der Waals surface area contributed by atoms with Crippen molar-refractivity contribution in [1.82, 2.24) is 4.90 Å². The van der Waals surface area contributed by atoms with Crippen LogP contribution in [0.3, 0.4) is 0 Å². The van der Waals surface area contributed by atoms with E-state index in [1.165, 1.54) is 0 Å². The van der Waals surface area contributed by atoms with Crippen molar-refractivity contribution < 1.29 is 9.59 Å². The Morgan fingerprint density at radius 3 is 2.42 bits per heavy atom. The van der Waals surface area contributed by atoms with Gasteiger partial charge in [-0.15, -0.1) is 12.4 Å². The van der Waals surface area contributed by atoms with Gasteiger partial charge in [-0.3, -0.25) is 9.59 Å². The fourth-order valence-electron chi connectivity index (χ4n) is 3.21. The molecular weight excluding hydrogens is 350 g/mol. The van der Waals surface area contributed by atoms with E-state index in [-0.39, 0.29) is 24.2 Å². The van der Waals surface area contributed by atoms with Crippen LogP contribution < -0.4 is 11.1 Å². The number of carbonyl (C=O) groups is 2. The molecule has 5 nitrogen and oxygen atoms in total. The lowest BCUT2D eigenvalue weighted by atomic mass is 10.0. The summed E-state index contributed by atoms with van der Waals surface area (Å²) in [5.74, 6) is -0.277. The minimum absolute atomic E-state index is 0. The van der Waals surface area contributed by atoms with Crippen LogP contribution in [0.25, 0.3) is 0 Å². The molecule has 1 heterocycles. The molecule has 2 aromatic rings. The molecule has 0 aromatic heterocycles. The average molecular weight is 374 g/mol. The molecule has 26 heavy (non-hydrogen) atoms. The second kappa shape index (κ2) is 8.23. The Bertz CT molecular complexity index is 830. The highest BCUT2D eigenvalue weighted by Crippen LogP contribution is 2.25. The highest BCUT2D eigenvalue weighted by molar-refractivity contribution is 6.10. The Morgan fingerprint density at radius 1 is 1.04 bits per heavy atom. The SMILES string of the molecule is Cc1ccc(N)cc1C(=O)Nc1cccc(C)c1C(=O)N1CCCC1.Cl. The summed E-state index contributed by atoms with van der Waals surface area (Å²) in [6.45, 7) is 5.30. The molecule has 0 aliphatic carbocycles. The quantitative estimate of drug-likeness (QED) is 0.803. The van der Waals surface area contributed by atoms with Gasteiger partial charge >= 0.3 is 0 Å². The Kier molecular flexibility index (Phi) is 6.27. The highest BCUT2D eigenvalue weighted by Gasteiger charge is 2.24. The molecule has 3 N–H and O–H groups in total. The second-order valence-corrected chi connectivity index (χ2v) is 6.53. The molecule has 2 amide bonds. The Balaban J connectivity index is 0.00000243. The van der Waals surface area contributed by atoms with Crippen molar-refractivity contribution in [3.8, 4) is 0 Å². The van der Waals surface area contributed by atoms with E-state index in [9.17, 15) is 9.59 Å². The summed E-state index contributed by atoms with van der Waals surface area (Å²) in [7, 11) is 0. The molecular formula is C20H24ClN3O2. The van der Waals surface area contributed by atoms with E-state index in [0.29, 0.717) is 22.5 Å². The van der Waals surface area contributed by atoms with Crippen molar-refractivity contribution in [3.63, 3.8) is 0 Å². The van der Waals surface area contributed by atoms with E-state index in [4.69, 9.17) is 5.73 Å². The fraction of sp³-hybridized carbons (Fsp3) is 0.300. The number of hydrogen-bond donors (Lipinski definition) is 2. The van der Waals surface area contributed by atoms with E-state index >= 15 is 0 Å². The molecule has 138 valence electrons. The van der Waals surface area contributed by atoms with Gasteiger partial charge in [0, 0.05) is 24.3 Å². The van der Waals surface area contributed by atoms with Crippen LogP contribution in [0, 0.1) is 13.8 Å². The molecule has 1 aliphatic rings. The maximum absolute atomic E-state index is 12.9. The predicted octanol–water partition coefficient (Wildman–Crippen LogP) is 3.80. The van der Waals surface area contributed by atoms with E-state index < -0.39 is 0 Å². The van der Waals surface area contributed by atoms with E-state index in [1.54, 1.807) is 18.2 Å². The zero-order chi connectivity index (χ0) is 18.0. The molecule has 0 bridgehead atoms. The molecule has 1 fully saturated rings. The smallest absolute Gasteiger partial charge is 0.256 e. The number of hydrogen-bond acceptors (Lipinski definition) is 3. The van der Waals surface area contributed by atoms with Gasteiger partial charge in [0.2, 0.25) is 0 Å². The summed E-state index contributed by atoms with van der Waals surface area (Å²) < 4.78 is 0. The number of benzene rings is 2. The van der Waals surface area contributed by atoms with Crippen molar-refractivity contribution in [2.75, 3.05) is 24.1 Å². The number of nitrogens with zero attached hydrogens (tertiary/aromatic N) is 1. The number of carbonyl (C=O) groups excluding carboxylic acids is 2. The molecule has 3 rings (SSSR count). The summed E-state index contributed by atoms with van der Waals surface area (Å²) in [6, 6.07) is 10.7. The van der Waals surface area contributed by atoms with Gasteiger partial charge < -0.3 is 16.0 Å². The molecule has 0 atom stereocenters. The van der Waals surface area contributed by atoms with Gasteiger partial charge in [0.1, 0.15) is 0 Å². The van der Waals surface area contributed by atoms with Crippen molar-refractivity contribution >= 4 is 35.6 Å². The monoisotopic (exact) mass is 373 g/mol. The van der Waals surface area contributed by atoms with Gasteiger partial charge in [0.15, 0.2) is 0 Å². The Hall–Kier alpha value is -2.53. The minimum Gasteiger partial charge on any atom is -0.399 e. The molecule has 1 saturated heterocycles. The van der Waals surface area contributed by atoms with Crippen LogP contribution in [0.15, 0.2) is 36.4 Å². The van der Waals surface area contributed by atoms with Gasteiger partial charge in [-0.1, -0.05) is 18.2 Å². The fourth-order valence-corrected chi connectivity index (χ4v) is 3.21. The first-order valence-electron chi connectivity index (χ1n) is 8.54. The van der Waals surface area contributed by atoms with Crippen LogP contribution in [-0.2, 0) is 0 Å². The topological polar surface area (TPSA) is 75.4 Å². The number of likely N-dealkylation sites (tertiary alicyclic amines) is 1. The number of halogens is 1. The molecule has 6 heteroatoms. The molecule has 1 aliphatic heterocycles. The van der Waals surface area contributed by atoms with Gasteiger partial charge in [-0.25, -0.2) is 0 Å². The normalized spacial score (nSPS) is 13.2. The average Bonchev–Trinajstić information content (AvgIpc) is 3.11. The number of nitrogens with one attached hydrogen (secondary N) is 1. The van der Waals surface area contributed by atoms with Crippen LogP contribution in [-0.4, -0.2) is 29.8 Å². The van der Waals surface area contributed by atoms with Crippen molar-refractivity contribution in [3.05, 3.63) is 58.7 Å². The zero-order valence-electron chi connectivity index (χ0n) is 15.0. The van der Waals surface area contributed by atoms with E-state index in [1.807, 2.05) is 36.9 Å². The second-order valence-electron chi connectivity index (χ2n) is 6.53. The Morgan fingerprint density at radius 2 is 1.73 bits per heavy atom. The third-order valence-electron chi connectivity index (χ3n) is 4.63. The molecule has 0 spiro atoms. The first-order valence-corrected chi connectivity index (χ1v) is 8.54. The standard InChI is InChI=1S/C20H23N3O2.ClH/c1-13-8-9-15(21)12-16(13)19(24)22-17-7-5-6-14(2)18(17)20(25)23-10-3-4-11-23;/h5-9,12H,3-4,10-11,21H2,1-2H3,(H,22,24);1H. The Labute approximate surface area is 160 Å². The summed E-state index contributed by atoms with van der Waals surface area (Å²) in [5.41, 5.74) is 9.67. The molecule has 0 saturated carbocycles. The van der Waals surface area contributed by atoms with Crippen molar-refractivity contribution in [1.29, 1.82) is 0 Å². The number of rotatable bonds is 3. The van der Waals surface area contributed by atoms with Crippen molar-refractivity contribution in [2.45, 2.75) is 26.7 Å². The number of nitrogens with two attached hydrogens (primary N) is 1. The molecule has 0 radical (unpaired) electrons. The summed E-state index contributed by atoms with van der Waals surface area (Å²) in [4.78, 5) is 27.4. The molecule has 0 unspecified atom stereocenters. The molecule has 2 aromatic carbocycles. The number of amides is 2. The van der Waals surface area contributed by atoms with Gasteiger partial charge in [-0.2, -0.15) is 0 Å². The lowest BCUT2D eigenvalue weighted by molar-refractivity contribution is 0.0793. The predicted molar refractivity (Wildman–Crippen MR) is 107 cm³/mol. The summed E-state index contributed by atoms with van der Waals surface area (Å²) in [6.07, 6.45) is 2.06. The maximum Gasteiger partial charge on any atom is 0.256 e. The van der Waals surface area contributed by atoms with Crippen LogP contribution >= 0.6 is 12.4 Å². The lowest BCUT2D eigenvalue weighted by Gasteiger charge is -2.20. The third kappa shape index (κ3) is 3.99. The lowest BCUT2D eigenvalue weighted by Crippen LogP contribution is -2.29. The van der Waals surface area contributed by atoms with Crippen LogP contribution in [0.4, 0.5) is 11.4 Å². The number of aryl methyl sites for hydroxylation is 2. The minimum atomic E-state index is -0.258. The number of nitrogen functional groups attached to an aromatic ring is 1. The van der Waals surface area contributed by atoms with Crippen LogP contribution in [0.5, 0.6) is 0 Å². The first kappa shape index (κ1) is 19.8. The number of anilines is 2. The van der Waals surface area contributed by atoms with Crippen molar-refractivity contribution in [2.24, 2.45) is 0 Å².